The molecular formula is C28H38O10. The van der Waals surface area contributed by atoms with Gasteiger partial charge in [-0.2, -0.15) is 0 Å². The van der Waals surface area contributed by atoms with E-state index >= 15 is 0 Å². The number of aliphatic hydroxyl groups is 1. The highest BCUT2D eigenvalue weighted by molar-refractivity contribution is 5.68. The van der Waals surface area contributed by atoms with Gasteiger partial charge in [-0.1, -0.05) is 20.4 Å². The van der Waals surface area contributed by atoms with Gasteiger partial charge in [-0.05, 0) is 42.6 Å². The van der Waals surface area contributed by atoms with Crippen LogP contribution in [0.1, 0.15) is 67.2 Å². The molecule has 2 saturated heterocycles. The van der Waals surface area contributed by atoms with Gasteiger partial charge in [-0.25, -0.2) is 0 Å². The van der Waals surface area contributed by atoms with E-state index in [2.05, 4.69) is 6.58 Å². The van der Waals surface area contributed by atoms with E-state index in [1.165, 1.54) is 27.7 Å². The van der Waals surface area contributed by atoms with Gasteiger partial charge >= 0.3 is 23.9 Å². The van der Waals surface area contributed by atoms with Crippen molar-refractivity contribution in [2.45, 2.75) is 97.4 Å². The maximum atomic E-state index is 12.7. The quantitative estimate of drug-likeness (QED) is 0.326. The molecule has 4 saturated carbocycles. The van der Waals surface area contributed by atoms with Gasteiger partial charge in [0.15, 0.2) is 6.10 Å². The van der Waals surface area contributed by atoms with Crippen LogP contribution in [0.5, 0.6) is 0 Å². The second kappa shape index (κ2) is 8.52. The van der Waals surface area contributed by atoms with E-state index in [1.807, 2.05) is 13.8 Å². The molecule has 2 spiro atoms. The minimum Gasteiger partial charge on any atom is -0.462 e. The molecule has 6 rings (SSSR count). The van der Waals surface area contributed by atoms with Crippen molar-refractivity contribution in [3.8, 4) is 0 Å². The molecule has 2 aliphatic heterocycles. The molecule has 0 unspecified atom stereocenters. The van der Waals surface area contributed by atoms with Crippen molar-refractivity contribution < 1.29 is 48.0 Å². The Balaban J connectivity index is 1.84. The number of esters is 4. The number of carbonyl (C=O) groups excluding carboxylic acids is 4. The molecule has 10 heteroatoms. The first-order chi connectivity index (χ1) is 17.6. The molecule has 6 fully saturated rings. The molecule has 10 nitrogen and oxygen atoms in total. The maximum absolute atomic E-state index is 12.7. The zero-order valence-electron chi connectivity index (χ0n) is 22.9. The van der Waals surface area contributed by atoms with Crippen molar-refractivity contribution in [1.29, 1.82) is 0 Å². The SMILES string of the molecule is C=C1[C@@H]2C[C@@H](OC(C)=O)[C@@H]3[C@@]45CO[C@](O)([C@@H](OC(C)=O)[C@@H]4C(C)(C)CC[C@@H]5OC(C)=O)[C@]3(C2)[C@@H]1OC(C)=O. The number of ether oxygens (including phenoxy) is 5. The summed E-state index contributed by atoms with van der Waals surface area (Å²) < 4.78 is 30.2. The first kappa shape index (κ1) is 27.1. The highest BCUT2D eigenvalue weighted by atomic mass is 16.7. The van der Waals surface area contributed by atoms with E-state index in [1.54, 1.807) is 0 Å². The van der Waals surface area contributed by atoms with Gasteiger partial charge in [0, 0.05) is 44.9 Å². The smallest absolute Gasteiger partial charge is 0.303 e. The molecule has 0 aromatic carbocycles. The van der Waals surface area contributed by atoms with Crippen LogP contribution in [0, 0.1) is 34.0 Å². The topological polar surface area (TPSA) is 135 Å². The minimum absolute atomic E-state index is 0.0125. The van der Waals surface area contributed by atoms with Crippen molar-refractivity contribution in [3.63, 3.8) is 0 Å². The van der Waals surface area contributed by atoms with Crippen LogP contribution >= 0.6 is 0 Å². The fourth-order valence-corrected chi connectivity index (χ4v) is 9.37. The van der Waals surface area contributed by atoms with E-state index in [9.17, 15) is 24.3 Å². The van der Waals surface area contributed by atoms with Gasteiger partial charge in [-0.3, -0.25) is 19.2 Å². The molecule has 38 heavy (non-hydrogen) atoms. The fraction of sp³-hybridized carbons (Fsp3) is 0.786. The summed E-state index contributed by atoms with van der Waals surface area (Å²) in [5, 5.41) is 12.7. The summed E-state index contributed by atoms with van der Waals surface area (Å²) in [6.07, 6.45) is -1.65. The molecule has 1 N–H and O–H groups in total. The lowest BCUT2D eigenvalue weighted by Crippen LogP contribution is -2.86. The average molecular weight is 535 g/mol. The predicted octanol–water partition coefficient (Wildman–Crippen LogP) is 2.45. The van der Waals surface area contributed by atoms with Gasteiger partial charge in [0.25, 0.3) is 0 Å². The second-order valence-electron chi connectivity index (χ2n) is 12.6. The van der Waals surface area contributed by atoms with Crippen LogP contribution in [-0.4, -0.2) is 65.8 Å². The molecule has 0 radical (unpaired) electrons. The van der Waals surface area contributed by atoms with Crippen molar-refractivity contribution >= 4 is 23.9 Å². The lowest BCUT2D eigenvalue weighted by atomic mass is 9.35. The standard InChI is InChI=1S/C28H38O10/c1-13-18-10-19(35-14(2)29)21-26-12-34-28(33,27(21,11-18)23(13)37-16(4)31)24(38-17(5)32)22(26)25(6,7)9-8-20(26)36-15(3)30/h18-24,33H,1,8-12H2,2-7H3/t18-,19-,20+,21-,22-,23-,24+,26+,27+,28-/m1/s1. The third-order valence-corrected chi connectivity index (χ3v) is 10.1. The van der Waals surface area contributed by atoms with Crippen LogP contribution in [0.15, 0.2) is 12.2 Å². The van der Waals surface area contributed by atoms with Crippen LogP contribution in [-0.2, 0) is 42.9 Å². The number of rotatable bonds is 4. The summed E-state index contributed by atoms with van der Waals surface area (Å²) in [6.45, 7) is 13.6. The van der Waals surface area contributed by atoms with E-state index in [0.29, 0.717) is 31.3 Å². The van der Waals surface area contributed by atoms with Gasteiger partial charge in [-0.15, -0.1) is 0 Å². The fourth-order valence-electron chi connectivity index (χ4n) is 9.37. The highest BCUT2D eigenvalue weighted by Crippen LogP contribution is 2.78. The first-order valence-corrected chi connectivity index (χ1v) is 13.4. The molecule has 10 atom stereocenters. The predicted molar refractivity (Wildman–Crippen MR) is 130 cm³/mol. The van der Waals surface area contributed by atoms with Crippen LogP contribution in [0.25, 0.3) is 0 Å². The van der Waals surface area contributed by atoms with Gasteiger partial charge < -0.3 is 28.8 Å². The minimum atomic E-state index is -2.08. The normalized spacial score (nSPS) is 45.9. The van der Waals surface area contributed by atoms with Crippen LogP contribution < -0.4 is 0 Å². The average Bonchev–Trinajstić information content (AvgIpc) is 2.98. The number of carbonyl (C=O) groups is 4. The Morgan fingerprint density at radius 3 is 2.11 bits per heavy atom. The number of fused-ring (bicyclic) bond motifs is 2. The van der Waals surface area contributed by atoms with Gasteiger partial charge in [0.05, 0.1) is 12.0 Å². The summed E-state index contributed by atoms with van der Waals surface area (Å²) in [5.74, 6) is -5.62. The van der Waals surface area contributed by atoms with Crippen LogP contribution in [0.3, 0.4) is 0 Å². The number of hydrogen-bond acceptors (Lipinski definition) is 10. The maximum Gasteiger partial charge on any atom is 0.303 e. The first-order valence-electron chi connectivity index (χ1n) is 13.4. The molecular weight excluding hydrogens is 496 g/mol. The summed E-state index contributed by atoms with van der Waals surface area (Å²) in [7, 11) is 0. The Morgan fingerprint density at radius 2 is 1.53 bits per heavy atom. The molecule has 0 amide bonds. The second-order valence-corrected chi connectivity index (χ2v) is 12.6. The summed E-state index contributed by atoms with van der Waals surface area (Å²) >= 11 is 0. The molecule has 6 aliphatic rings. The van der Waals surface area contributed by atoms with Gasteiger partial charge in [0.1, 0.15) is 18.3 Å². The molecule has 2 heterocycles. The van der Waals surface area contributed by atoms with Gasteiger partial charge in [0.2, 0.25) is 5.79 Å². The third kappa shape index (κ3) is 3.38. The Hall–Kier alpha value is -2.46. The molecule has 4 bridgehead atoms. The van der Waals surface area contributed by atoms with Crippen LogP contribution in [0.4, 0.5) is 0 Å². The molecule has 0 aromatic heterocycles. The number of hydrogen-bond donors (Lipinski definition) is 1. The Kier molecular flexibility index (Phi) is 6.08. The summed E-state index contributed by atoms with van der Waals surface area (Å²) in [5.41, 5.74) is -2.27. The Bertz CT molecular complexity index is 1100. The van der Waals surface area contributed by atoms with E-state index in [-0.39, 0.29) is 12.5 Å². The van der Waals surface area contributed by atoms with Crippen LogP contribution in [0.2, 0.25) is 0 Å². The van der Waals surface area contributed by atoms with E-state index in [0.717, 1.165) is 0 Å². The van der Waals surface area contributed by atoms with Crippen molar-refractivity contribution in [2.24, 2.45) is 34.0 Å². The lowest BCUT2D eigenvalue weighted by Gasteiger charge is -2.75. The van der Waals surface area contributed by atoms with Crippen molar-refractivity contribution in [1.82, 2.24) is 0 Å². The molecule has 4 aliphatic carbocycles. The van der Waals surface area contributed by atoms with Crippen molar-refractivity contribution in [2.75, 3.05) is 6.61 Å². The monoisotopic (exact) mass is 534 g/mol. The highest BCUT2D eigenvalue weighted by Gasteiger charge is 2.88. The summed E-state index contributed by atoms with van der Waals surface area (Å²) in [6, 6.07) is 0. The largest absolute Gasteiger partial charge is 0.462 e. The third-order valence-electron chi connectivity index (χ3n) is 10.1. The van der Waals surface area contributed by atoms with E-state index in [4.69, 9.17) is 23.7 Å². The summed E-state index contributed by atoms with van der Waals surface area (Å²) in [4.78, 5) is 49.8. The van der Waals surface area contributed by atoms with E-state index < -0.39 is 82.2 Å². The molecule has 210 valence electrons. The Morgan fingerprint density at radius 1 is 0.921 bits per heavy atom. The Labute approximate surface area is 222 Å². The lowest BCUT2D eigenvalue weighted by molar-refractivity contribution is -0.472. The van der Waals surface area contributed by atoms with Crippen molar-refractivity contribution in [3.05, 3.63) is 12.2 Å². The molecule has 0 aromatic rings. The zero-order valence-corrected chi connectivity index (χ0v) is 22.9. The zero-order chi connectivity index (χ0) is 28.0.